The average Bonchev–Trinajstić information content (AvgIpc) is 3.26. The molecule has 0 fully saturated rings. The molecule has 6 nitrogen and oxygen atoms in total. The van der Waals surface area contributed by atoms with Crippen molar-refractivity contribution in [3.63, 3.8) is 0 Å². The minimum Gasteiger partial charge on any atom is -0.466 e. The molecular formula is C55H107NO5. The Labute approximate surface area is 380 Å². The number of aliphatic hydroxyl groups is 2. The quantitative estimate of drug-likeness (QED) is 0.0322. The summed E-state index contributed by atoms with van der Waals surface area (Å²) in [6.45, 7) is 4.88. The number of carbonyl (C=O) groups excluding carboxylic acids is 2. The van der Waals surface area contributed by atoms with E-state index in [1.807, 2.05) is 0 Å². The Bertz CT molecular complexity index is 909. The Morgan fingerprint density at radius 3 is 1.21 bits per heavy atom. The van der Waals surface area contributed by atoms with E-state index in [9.17, 15) is 19.8 Å². The van der Waals surface area contributed by atoms with E-state index in [1.165, 1.54) is 212 Å². The summed E-state index contributed by atoms with van der Waals surface area (Å²) >= 11 is 0. The summed E-state index contributed by atoms with van der Waals surface area (Å²) < 4.78 is 5.43. The van der Waals surface area contributed by atoms with Crippen molar-refractivity contribution in [3.05, 3.63) is 12.2 Å². The van der Waals surface area contributed by atoms with Gasteiger partial charge in [-0.1, -0.05) is 257 Å². The van der Waals surface area contributed by atoms with Crippen molar-refractivity contribution < 1.29 is 24.5 Å². The van der Waals surface area contributed by atoms with Crippen LogP contribution in [0.1, 0.15) is 303 Å². The lowest BCUT2D eigenvalue weighted by atomic mass is 10.0. The molecule has 2 atom stereocenters. The summed E-state index contributed by atoms with van der Waals surface area (Å²) in [4.78, 5) is 24.5. The summed E-state index contributed by atoms with van der Waals surface area (Å²) in [7, 11) is 0. The molecule has 0 spiro atoms. The SMILES string of the molecule is CCCC/C=C\CCCCCCCC(=O)OCCCCCCCCCCCCC(=O)NC(CO)C(O)CCCCCCCCCCCCCCCCCCCCCCCCC. The van der Waals surface area contributed by atoms with Crippen LogP contribution in [0.5, 0.6) is 0 Å². The van der Waals surface area contributed by atoms with Crippen molar-refractivity contribution in [2.75, 3.05) is 13.2 Å². The van der Waals surface area contributed by atoms with Crippen molar-refractivity contribution in [1.82, 2.24) is 5.32 Å². The zero-order chi connectivity index (χ0) is 44.4. The van der Waals surface area contributed by atoms with E-state index in [4.69, 9.17) is 4.74 Å². The van der Waals surface area contributed by atoms with Crippen LogP contribution in [0.4, 0.5) is 0 Å². The fourth-order valence-electron chi connectivity index (χ4n) is 8.56. The molecule has 362 valence electrons. The molecule has 0 bridgehead atoms. The Kier molecular flexibility index (Phi) is 50.1. The van der Waals surface area contributed by atoms with E-state index in [1.54, 1.807) is 0 Å². The smallest absolute Gasteiger partial charge is 0.305 e. The molecule has 61 heavy (non-hydrogen) atoms. The Morgan fingerprint density at radius 2 is 0.787 bits per heavy atom. The number of esters is 1. The molecule has 2 unspecified atom stereocenters. The van der Waals surface area contributed by atoms with Gasteiger partial charge in [0, 0.05) is 12.8 Å². The lowest BCUT2D eigenvalue weighted by Crippen LogP contribution is -2.45. The molecule has 0 radical (unpaired) electrons. The van der Waals surface area contributed by atoms with Crippen molar-refractivity contribution in [3.8, 4) is 0 Å². The predicted octanol–water partition coefficient (Wildman–Crippen LogP) is 16.5. The Balaban J connectivity index is 3.47. The maximum Gasteiger partial charge on any atom is 0.305 e. The maximum absolute atomic E-state index is 12.5. The molecule has 0 heterocycles. The first-order chi connectivity index (χ1) is 30.0. The molecule has 1 amide bonds. The van der Waals surface area contributed by atoms with Gasteiger partial charge in [-0.3, -0.25) is 9.59 Å². The summed E-state index contributed by atoms with van der Waals surface area (Å²) in [5.74, 6) is -0.0842. The molecule has 6 heteroatoms. The molecule has 3 N–H and O–H groups in total. The van der Waals surface area contributed by atoms with Gasteiger partial charge in [0.2, 0.25) is 5.91 Å². The third-order valence-electron chi connectivity index (χ3n) is 12.8. The second-order valence-electron chi connectivity index (χ2n) is 18.9. The van der Waals surface area contributed by atoms with Gasteiger partial charge < -0.3 is 20.3 Å². The Morgan fingerprint density at radius 1 is 0.443 bits per heavy atom. The number of allylic oxidation sites excluding steroid dienone is 2. The lowest BCUT2D eigenvalue weighted by Gasteiger charge is -2.22. The van der Waals surface area contributed by atoms with E-state index < -0.39 is 12.1 Å². The summed E-state index contributed by atoms with van der Waals surface area (Å²) in [6.07, 6.45) is 59.1. The van der Waals surface area contributed by atoms with Gasteiger partial charge in [-0.2, -0.15) is 0 Å². The predicted molar refractivity (Wildman–Crippen MR) is 264 cm³/mol. The summed E-state index contributed by atoms with van der Waals surface area (Å²) in [6, 6.07) is -0.559. The number of aliphatic hydroxyl groups excluding tert-OH is 2. The topological polar surface area (TPSA) is 95.9 Å². The molecule has 0 aliphatic rings. The van der Waals surface area contributed by atoms with Crippen molar-refractivity contribution in [1.29, 1.82) is 0 Å². The molecule has 0 saturated heterocycles. The van der Waals surface area contributed by atoms with Crippen LogP contribution in [0.2, 0.25) is 0 Å². The monoisotopic (exact) mass is 862 g/mol. The van der Waals surface area contributed by atoms with Gasteiger partial charge >= 0.3 is 5.97 Å². The minimum absolute atomic E-state index is 0.0289. The highest BCUT2D eigenvalue weighted by atomic mass is 16.5. The minimum atomic E-state index is -0.679. The molecule has 0 aromatic carbocycles. The third-order valence-corrected chi connectivity index (χ3v) is 12.8. The number of amides is 1. The Hall–Kier alpha value is -1.40. The first-order valence-corrected chi connectivity index (χ1v) is 27.4. The highest BCUT2D eigenvalue weighted by Gasteiger charge is 2.20. The average molecular weight is 862 g/mol. The van der Waals surface area contributed by atoms with Crippen LogP contribution < -0.4 is 5.32 Å². The number of unbranched alkanes of at least 4 members (excludes halogenated alkanes) is 38. The van der Waals surface area contributed by atoms with E-state index in [0.29, 0.717) is 25.9 Å². The largest absolute Gasteiger partial charge is 0.466 e. The van der Waals surface area contributed by atoms with Crippen molar-refractivity contribution >= 4 is 11.9 Å². The number of hydrogen-bond acceptors (Lipinski definition) is 5. The van der Waals surface area contributed by atoms with E-state index in [0.717, 1.165) is 57.8 Å². The zero-order valence-electron chi connectivity index (χ0n) is 41.2. The molecule has 0 aliphatic carbocycles. The standard InChI is InChI=1S/C55H107NO5/c1-3-5-7-9-11-13-15-16-17-18-19-20-21-22-23-24-25-26-28-31-35-39-43-47-53(58)52(51-57)56-54(59)48-44-40-36-32-29-30-34-38-42-46-50-61-55(60)49-45-41-37-33-27-14-12-10-8-6-4-2/h10,12,52-53,57-58H,3-9,11,13-51H2,1-2H3,(H,56,59)/b12-10-. The van der Waals surface area contributed by atoms with Gasteiger partial charge in [0.15, 0.2) is 0 Å². The van der Waals surface area contributed by atoms with Gasteiger partial charge in [0.25, 0.3) is 0 Å². The summed E-state index contributed by atoms with van der Waals surface area (Å²) in [5, 5.41) is 23.3. The summed E-state index contributed by atoms with van der Waals surface area (Å²) in [5.41, 5.74) is 0. The molecule has 0 aliphatic heterocycles. The van der Waals surface area contributed by atoms with Crippen LogP contribution in [-0.4, -0.2) is 47.4 Å². The maximum atomic E-state index is 12.5. The molecule has 0 aromatic rings. The molecule has 0 aromatic heterocycles. The number of carbonyl (C=O) groups is 2. The van der Waals surface area contributed by atoms with Gasteiger partial charge in [-0.15, -0.1) is 0 Å². The number of nitrogens with one attached hydrogen (secondary N) is 1. The second-order valence-corrected chi connectivity index (χ2v) is 18.9. The van der Waals surface area contributed by atoms with Crippen LogP contribution in [0.25, 0.3) is 0 Å². The van der Waals surface area contributed by atoms with Gasteiger partial charge in [0.05, 0.1) is 25.4 Å². The lowest BCUT2D eigenvalue weighted by molar-refractivity contribution is -0.143. The third kappa shape index (κ3) is 47.9. The zero-order valence-corrected chi connectivity index (χ0v) is 41.2. The van der Waals surface area contributed by atoms with Crippen LogP contribution in [-0.2, 0) is 14.3 Å². The van der Waals surface area contributed by atoms with Gasteiger partial charge in [-0.05, 0) is 44.9 Å². The fraction of sp³-hybridized carbons (Fsp3) is 0.927. The normalized spacial score (nSPS) is 12.7. The first kappa shape index (κ1) is 59.6. The number of rotatable bonds is 51. The second kappa shape index (κ2) is 51.2. The van der Waals surface area contributed by atoms with E-state index in [2.05, 4.69) is 31.3 Å². The highest BCUT2D eigenvalue weighted by Crippen LogP contribution is 2.17. The van der Waals surface area contributed by atoms with E-state index >= 15 is 0 Å². The van der Waals surface area contributed by atoms with Crippen molar-refractivity contribution in [2.45, 2.75) is 315 Å². The fourth-order valence-corrected chi connectivity index (χ4v) is 8.56. The number of ether oxygens (including phenoxy) is 1. The van der Waals surface area contributed by atoms with E-state index in [-0.39, 0.29) is 18.5 Å². The molecular weight excluding hydrogens is 755 g/mol. The van der Waals surface area contributed by atoms with Crippen LogP contribution in [0.15, 0.2) is 12.2 Å². The first-order valence-electron chi connectivity index (χ1n) is 27.4. The molecule has 0 saturated carbocycles. The van der Waals surface area contributed by atoms with Crippen molar-refractivity contribution in [2.24, 2.45) is 0 Å². The van der Waals surface area contributed by atoms with Gasteiger partial charge in [-0.25, -0.2) is 0 Å². The highest BCUT2D eigenvalue weighted by molar-refractivity contribution is 5.76. The molecule has 0 rings (SSSR count). The van der Waals surface area contributed by atoms with Crippen LogP contribution in [0, 0.1) is 0 Å². The number of hydrogen-bond donors (Lipinski definition) is 3. The van der Waals surface area contributed by atoms with Crippen LogP contribution >= 0.6 is 0 Å². The van der Waals surface area contributed by atoms with Gasteiger partial charge in [0.1, 0.15) is 0 Å². The van der Waals surface area contributed by atoms with Crippen LogP contribution in [0.3, 0.4) is 0 Å².